The van der Waals surface area contributed by atoms with Crippen molar-refractivity contribution < 1.29 is 35.9 Å². The van der Waals surface area contributed by atoms with E-state index in [0.717, 1.165) is 8.61 Å². The molecule has 2 aliphatic rings. The lowest BCUT2D eigenvalue weighted by Gasteiger charge is -2.46. The van der Waals surface area contributed by atoms with Crippen LogP contribution in [0.3, 0.4) is 0 Å². The van der Waals surface area contributed by atoms with Crippen molar-refractivity contribution in [2.75, 3.05) is 26.7 Å². The van der Waals surface area contributed by atoms with E-state index in [1.54, 1.807) is 36.4 Å². The van der Waals surface area contributed by atoms with E-state index < -0.39 is 52.6 Å². The van der Waals surface area contributed by atoms with Crippen LogP contribution in [-0.4, -0.2) is 76.5 Å². The third-order valence-corrected chi connectivity index (χ3v) is 9.18. The van der Waals surface area contributed by atoms with Crippen molar-refractivity contribution in [3.63, 3.8) is 0 Å². The lowest BCUT2D eigenvalue weighted by molar-refractivity contribution is -0.219. The van der Waals surface area contributed by atoms with E-state index in [-0.39, 0.29) is 36.8 Å². The predicted molar refractivity (Wildman–Crippen MR) is 143 cm³/mol. The van der Waals surface area contributed by atoms with Crippen LogP contribution in [0, 0.1) is 11.3 Å². The number of aromatic nitrogens is 3. The van der Waals surface area contributed by atoms with Crippen LogP contribution in [-0.2, 0) is 16.8 Å². The second-order valence-corrected chi connectivity index (χ2v) is 11.7. The minimum absolute atomic E-state index is 0.0367. The van der Waals surface area contributed by atoms with Gasteiger partial charge in [-0.15, -0.1) is 9.78 Å². The molecule has 3 aromatic rings. The normalized spacial score (nSPS) is 19.8. The van der Waals surface area contributed by atoms with Gasteiger partial charge in [-0.25, -0.2) is 0 Å². The number of benzene rings is 2. The largest absolute Gasteiger partial charge is 0.496 e. The van der Waals surface area contributed by atoms with E-state index in [2.05, 4.69) is 10.1 Å². The van der Waals surface area contributed by atoms with Gasteiger partial charge in [0.25, 0.3) is 16.1 Å². The standard InChI is InChI=1S/C26H28F3N7O5S/c1-40-20-7-3-2-6-18(20)24(37)36-25(41-15-16-8-10-17(11-9-16)22(30)31)32-23(33-36)21-19(26(27,28)29)14-35(21)42(38,39)34-12-4-5-13-34/h2-3,6-11,19,21H,4-5,12-15H2,1H3,(H3,30,31). The molecular formula is C26H28F3N7O5S. The molecule has 16 heteroatoms. The highest BCUT2D eigenvalue weighted by Gasteiger charge is 2.61. The number of nitrogens with two attached hydrogens (primary N) is 1. The number of hydrogen-bond donors (Lipinski definition) is 2. The van der Waals surface area contributed by atoms with Gasteiger partial charge in [-0.1, -0.05) is 36.4 Å². The van der Waals surface area contributed by atoms with Crippen molar-refractivity contribution >= 4 is 22.0 Å². The Morgan fingerprint density at radius 1 is 1.12 bits per heavy atom. The molecule has 2 saturated heterocycles. The van der Waals surface area contributed by atoms with Crippen LogP contribution in [0.4, 0.5) is 13.2 Å². The number of para-hydroxylation sites is 1. The summed E-state index contributed by atoms with van der Waals surface area (Å²) in [7, 11) is -2.89. The first-order valence-electron chi connectivity index (χ1n) is 13.0. The number of carbonyl (C=O) groups is 1. The monoisotopic (exact) mass is 607 g/mol. The van der Waals surface area contributed by atoms with Gasteiger partial charge in [-0.2, -0.15) is 35.2 Å². The Labute approximate surface area is 239 Å². The van der Waals surface area contributed by atoms with Crippen molar-refractivity contribution in [1.82, 2.24) is 23.4 Å². The van der Waals surface area contributed by atoms with Crippen LogP contribution in [0.2, 0.25) is 0 Å². The van der Waals surface area contributed by atoms with Crippen LogP contribution in [0.1, 0.15) is 46.2 Å². The quantitative estimate of drug-likeness (QED) is 0.278. The third-order valence-electron chi connectivity index (χ3n) is 7.20. The number of halogens is 3. The number of nitrogens with one attached hydrogen (secondary N) is 1. The van der Waals surface area contributed by atoms with E-state index in [9.17, 15) is 26.4 Å². The second kappa shape index (κ2) is 11.3. The van der Waals surface area contributed by atoms with Gasteiger partial charge in [0.1, 0.15) is 24.2 Å². The molecule has 2 aromatic carbocycles. The summed E-state index contributed by atoms with van der Waals surface area (Å²) in [5.41, 5.74) is 6.57. The summed E-state index contributed by atoms with van der Waals surface area (Å²) in [6, 6.07) is 10.4. The van der Waals surface area contributed by atoms with E-state index >= 15 is 0 Å². The number of nitrogen functional groups attached to an aromatic ring is 1. The number of ether oxygens (including phenoxy) is 2. The average Bonchev–Trinajstić information content (AvgIpc) is 3.61. The Hall–Kier alpha value is -4.02. The molecule has 1 aromatic heterocycles. The summed E-state index contributed by atoms with van der Waals surface area (Å²) in [5, 5.41) is 11.6. The highest BCUT2D eigenvalue weighted by molar-refractivity contribution is 7.86. The Balaban J connectivity index is 1.54. The molecular weight excluding hydrogens is 579 g/mol. The van der Waals surface area contributed by atoms with Crippen LogP contribution < -0.4 is 15.2 Å². The maximum absolute atomic E-state index is 14.0. The molecule has 0 amide bonds. The average molecular weight is 608 g/mol. The van der Waals surface area contributed by atoms with Gasteiger partial charge < -0.3 is 15.2 Å². The minimum atomic E-state index is -4.75. The van der Waals surface area contributed by atoms with Crippen molar-refractivity contribution in [2.45, 2.75) is 31.7 Å². The molecule has 0 spiro atoms. The van der Waals surface area contributed by atoms with Gasteiger partial charge in [-0.3, -0.25) is 10.2 Å². The van der Waals surface area contributed by atoms with Gasteiger partial charge in [0.15, 0.2) is 5.82 Å². The molecule has 2 unspecified atom stereocenters. The lowest BCUT2D eigenvalue weighted by Crippen LogP contribution is -2.60. The number of methoxy groups -OCH3 is 1. The van der Waals surface area contributed by atoms with Crippen LogP contribution in [0.15, 0.2) is 48.5 Å². The molecule has 0 radical (unpaired) electrons. The zero-order chi connectivity index (χ0) is 30.2. The number of hydrogen-bond acceptors (Lipinski definition) is 8. The van der Waals surface area contributed by atoms with E-state index in [1.807, 2.05) is 0 Å². The predicted octanol–water partition coefficient (Wildman–Crippen LogP) is 2.71. The first-order chi connectivity index (χ1) is 19.9. The number of amidine groups is 1. The molecule has 3 N–H and O–H groups in total. The summed E-state index contributed by atoms with van der Waals surface area (Å²) >= 11 is 0. The first kappa shape index (κ1) is 29.5. The molecule has 5 rings (SSSR count). The molecule has 0 bridgehead atoms. The molecule has 12 nitrogen and oxygen atoms in total. The van der Waals surface area contributed by atoms with Crippen LogP contribution in [0.25, 0.3) is 0 Å². The SMILES string of the molecule is COc1ccccc1C(=O)n1nc(C2C(C(F)(F)F)CN2S(=O)(=O)N2CCCC2)nc1OCc1ccc(C(=N)N)cc1. The summed E-state index contributed by atoms with van der Waals surface area (Å²) in [4.78, 5) is 17.7. The number of rotatable bonds is 9. The number of nitrogens with zero attached hydrogens (tertiary/aromatic N) is 5. The molecule has 2 fully saturated rings. The van der Waals surface area contributed by atoms with Crippen molar-refractivity contribution in [2.24, 2.45) is 11.7 Å². The third kappa shape index (κ3) is 5.56. The van der Waals surface area contributed by atoms with Gasteiger partial charge in [0.2, 0.25) is 0 Å². The van der Waals surface area contributed by atoms with Crippen molar-refractivity contribution in [1.29, 1.82) is 5.41 Å². The van der Waals surface area contributed by atoms with Gasteiger partial charge in [0.05, 0.1) is 18.6 Å². The highest BCUT2D eigenvalue weighted by Crippen LogP contribution is 2.49. The van der Waals surface area contributed by atoms with E-state index in [1.165, 1.54) is 19.2 Å². The molecule has 224 valence electrons. The summed E-state index contributed by atoms with van der Waals surface area (Å²) in [6.45, 7) is -0.556. The van der Waals surface area contributed by atoms with Crippen molar-refractivity contribution in [3.8, 4) is 11.8 Å². The minimum Gasteiger partial charge on any atom is -0.496 e. The Bertz CT molecular complexity index is 1590. The summed E-state index contributed by atoms with van der Waals surface area (Å²) in [6.07, 6.45) is -3.54. The number of alkyl halides is 3. The molecule has 42 heavy (non-hydrogen) atoms. The van der Waals surface area contributed by atoms with Crippen LogP contribution in [0.5, 0.6) is 11.8 Å². The zero-order valence-electron chi connectivity index (χ0n) is 22.4. The molecule has 0 saturated carbocycles. The molecule has 0 aliphatic carbocycles. The molecule has 2 atom stereocenters. The Morgan fingerprint density at radius 3 is 2.40 bits per heavy atom. The highest BCUT2D eigenvalue weighted by atomic mass is 32.2. The fourth-order valence-electron chi connectivity index (χ4n) is 4.89. The fraction of sp³-hybridized carbons (Fsp3) is 0.385. The lowest BCUT2D eigenvalue weighted by atomic mass is 9.90. The Kier molecular flexibility index (Phi) is 7.96. The fourth-order valence-corrected chi connectivity index (χ4v) is 6.79. The summed E-state index contributed by atoms with van der Waals surface area (Å²) in [5.74, 6) is -3.36. The van der Waals surface area contributed by atoms with E-state index in [4.69, 9.17) is 20.6 Å². The molecule has 3 heterocycles. The Morgan fingerprint density at radius 2 is 1.79 bits per heavy atom. The van der Waals surface area contributed by atoms with E-state index in [0.29, 0.717) is 28.7 Å². The topological polar surface area (TPSA) is 157 Å². The van der Waals surface area contributed by atoms with Gasteiger partial charge >= 0.3 is 12.2 Å². The van der Waals surface area contributed by atoms with Crippen LogP contribution >= 0.6 is 0 Å². The maximum Gasteiger partial charge on any atom is 0.395 e. The van der Waals surface area contributed by atoms with Crippen molar-refractivity contribution in [3.05, 3.63) is 71.0 Å². The van der Waals surface area contributed by atoms with Gasteiger partial charge in [0, 0.05) is 25.2 Å². The summed E-state index contributed by atoms with van der Waals surface area (Å²) < 4.78 is 82.2. The maximum atomic E-state index is 14.0. The second-order valence-electron chi connectivity index (χ2n) is 9.85. The first-order valence-corrected chi connectivity index (χ1v) is 14.4. The smallest absolute Gasteiger partial charge is 0.395 e. The number of carbonyl (C=O) groups excluding carboxylic acids is 1. The zero-order valence-corrected chi connectivity index (χ0v) is 23.2. The van der Waals surface area contributed by atoms with Gasteiger partial charge in [-0.05, 0) is 30.5 Å². The molecule has 2 aliphatic heterocycles.